The third-order valence-electron chi connectivity index (χ3n) is 4.02. The molecule has 0 atom stereocenters. The number of amides is 1. The van der Waals surface area contributed by atoms with Crippen molar-refractivity contribution in [1.29, 1.82) is 0 Å². The van der Waals surface area contributed by atoms with E-state index in [4.69, 9.17) is 9.47 Å². The molecule has 1 aromatic heterocycles. The number of benzene rings is 1. The van der Waals surface area contributed by atoms with Crippen LogP contribution in [-0.2, 0) is 11.3 Å². The highest BCUT2D eigenvalue weighted by Gasteiger charge is 2.30. The summed E-state index contributed by atoms with van der Waals surface area (Å²) < 4.78 is 12.6. The van der Waals surface area contributed by atoms with Gasteiger partial charge in [-0.05, 0) is 31.9 Å². The minimum Gasteiger partial charge on any atom is -0.497 e. The van der Waals surface area contributed by atoms with Crippen molar-refractivity contribution in [1.82, 2.24) is 14.8 Å². The lowest BCUT2D eigenvalue weighted by Crippen LogP contribution is -2.15. The standard InChI is InChI=1S/C17H22N4O3S/c1-4-21-16(11-5-6-11)19-20-17(21)25-10-15(22)18-13-8-7-12(23-2)9-14(13)24-3/h7-9,11H,4-6,10H2,1-3H3,(H,18,22). The molecule has 25 heavy (non-hydrogen) atoms. The smallest absolute Gasteiger partial charge is 0.234 e. The van der Waals surface area contributed by atoms with Crippen molar-refractivity contribution in [2.75, 3.05) is 25.3 Å². The molecule has 1 heterocycles. The average Bonchev–Trinajstić information content (AvgIpc) is 3.40. The van der Waals surface area contributed by atoms with E-state index in [1.165, 1.54) is 24.6 Å². The van der Waals surface area contributed by atoms with Gasteiger partial charge < -0.3 is 19.4 Å². The van der Waals surface area contributed by atoms with Gasteiger partial charge in [0.25, 0.3) is 0 Å². The van der Waals surface area contributed by atoms with Crippen molar-refractivity contribution in [2.45, 2.75) is 37.4 Å². The summed E-state index contributed by atoms with van der Waals surface area (Å²) >= 11 is 1.40. The van der Waals surface area contributed by atoms with Gasteiger partial charge in [-0.1, -0.05) is 11.8 Å². The van der Waals surface area contributed by atoms with E-state index in [0.717, 1.165) is 17.5 Å². The van der Waals surface area contributed by atoms with E-state index in [1.54, 1.807) is 32.4 Å². The highest BCUT2D eigenvalue weighted by molar-refractivity contribution is 7.99. The molecular weight excluding hydrogens is 340 g/mol. The molecule has 7 nitrogen and oxygen atoms in total. The number of thioether (sulfide) groups is 1. The molecule has 3 rings (SSSR count). The predicted molar refractivity (Wildman–Crippen MR) is 96.6 cm³/mol. The maximum Gasteiger partial charge on any atom is 0.234 e. The predicted octanol–water partition coefficient (Wildman–Crippen LogP) is 2.92. The number of carbonyl (C=O) groups excluding carboxylic acids is 1. The molecule has 1 aliphatic rings. The number of carbonyl (C=O) groups is 1. The van der Waals surface area contributed by atoms with E-state index < -0.39 is 0 Å². The summed E-state index contributed by atoms with van der Waals surface area (Å²) in [5.74, 6) is 2.96. The zero-order chi connectivity index (χ0) is 17.8. The normalized spacial score (nSPS) is 13.6. The van der Waals surface area contributed by atoms with Gasteiger partial charge in [0, 0.05) is 18.5 Å². The fourth-order valence-corrected chi connectivity index (χ4v) is 3.38. The van der Waals surface area contributed by atoms with Crippen LogP contribution in [0, 0.1) is 0 Å². The molecule has 0 aliphatic heterocycles. The summed E-state index contributed by atoms with van der Waals surface area (Å²) in [7, 11) is 3.14. The Labute approximate surface area is 151 Å². The van der Waals surface area contributed by atoms with Crippen molar-refractivity contribution in [3.63, 3.8) is 0 Å². The number of anilines is 1. The number of rotatable bonds is 8. The van der Waals surface area contributed by atoms with Gasteiger partial charge in [0.1, 0.15) is 17.3 Å². The van der Waals surface area contributed by atoms with Gasteiger partial charge in [-0.3, -0.25) is 4.79 Å². The molecule has 1 fully saturated rings. The van der Waals surface area contributed by atoms with Crippen LogP contribution in [-0.4, -0.2) is 40.6 Å². The topological polar surface area (TPSA) is 78.3 Å². The average molecular weight is 362 g/mol. The number of aromatic nitrogens is 3. The summed E-state index contributed by atoms with van der Waals surface area (Å²) in [4.78, 5) is 12.3. The lowest BCUT2D eigenvalue weighted by atomic mass is 10.2. The minimum atomic E-state index is -0.118. The van der Waals surface area contributed by atoms with Gasteiger partial charge >= 0.3 is 0 Å². The van der Waals surface area contributed by atoms with Crippen molar-refractivity contribution in [3.05, 3.63) is 24.0 Å². The Kier molecular flexibility index (Phi) is 5.47. The molecular formula is C17H22N4O3S. The van der Waals surface area contributed by atoms with Gasteiger partial charge in [0.2, 0.25) is 5.91 Å². The van der Waals surface area contributed by atoms with Crippen LogP contribution in [0.4, 0.5) is 5.69 Å². The number of hydrogen-bond acceptors (Lipinski definition) is 6. The Balaban J connectivity index is 1.62. The highest BCUT2D eigenvalue weighted by atomic mass is 32.2. The molecule has 0 saturated heterocycles. The number of ether oxygens (including phenoxy) is 2. The van der Waals surface area contributed by atoms with E-state index in [2.05, 4.69) is 27.0 Å². The second-order valence-corrected chi connectivity index (χ2v) is 6.70. The van der Waals surface area contributed by atoms with Crippen molar-refractivity contribution >= 4 is 23.4 Å². The van der Waals surface area contributed by atoms with Gasteiger partial charge in [0.05, 0.1) is 25.7 Å². The molecule has 1 aliphatic carbocycles. The second kappa shape index (κ2) is 7.77. The summed E-state index contributed by atoms with van der Waals surface area (Å²) in [6.45, 7) is 2.89. The first-order valence-electron chi connectivity index (χ1n) is 8.24. The molecule has 0 spiro atoms. The van der Waals surface area contributed by atoms with Crippen molar-refractivity contribution in [2.24, 2.45) is 0 Å². The van der Waals surface area contributed by atoms with E-state index in [9.17, 15) is 4.79 Å². The highest BCUT2D eigenvalue weighted by Crippen LogP contribution is 2.40. The monoisotopic (exact) mass is 362 g/mol. The van der Waals surface area contributed by atoms with Crippen molar-refractivity contribution < 1.29 is 14.3 Å². The largest absolute Gasteiger partial charge is 0.497 e. The molecule has 0 unspecified atom stereocenters. The lowest BCUT2D eigenvalue weighted by Gasteiger charge is -2.11. The lowest BCUT2D eigenvalue weighted by molar-refractivity contribution is -0.113. The zero-order valence-electron chi connectivity index (χ0n) is 14.6. The maximum absolute atomic E-state index is 12.3. The van der Waals surface area contributed by atoms with E-state index in [1.807, 2.05) is 0 Å². The number of nitrogens with zero attached hydrogens (tertiary/aromatic N) is 3. The third-order valence-corrected chi connectivity index (χ3v) is 4.99. The van der Waals surface area contributed by atoms with Crippen LogP contribution in [0.5, 0.6) is 11.5 Å². The van der Waals surface area contributed by atoms with Crippen LogP contribution in [0.3, 0.4) is 0 Å². The Morgan fingerprint density at radius 2 is 2.12 bits per heavy atom. The molecule has 1 aromatic carbocycles. The fourth-order valence-electron chi connectivity index (χ4n) is 2.57. The summed E-state index contributed by atoms with van der Waals surface area (Å²) in [6.07, 6.45) is 2.36. The maximum atomic E-state index is 12.3. The van der Waals surface area contributed by atoms with Crippen LogP contribution < -0.4 is 14.8 Å². The SMILES string of the molecule is CCn1c(SCC(=O)Nc2ccc(OC)cc2OC)nnc1C1CC1. The molecule has 134 valence electrons. The van der Waals surface area contributed by atoms with Crippen LogP contribution in [0.15, 0.2) is 23.4 Å². The molecule has 1 saturated carbocycles. The first kappa shape index (κ1) is 17.6. The van der Waals surface area contributed by atoms with Crippen LogP contribution in [0.25, 0.3) is 0 Å². The first-order valence-corrected chi connectivity index (χ1v) is 9.22. The molecule has 8 heteroatoms. The first-order chi connectivity index (χ1) is 12.2. The van der Waals surface area contributed by atoms with Gasteiger partial charge in [-0.2, -0.15) is 0 Å². The Hall–Kier alpha value is -2.22. The Morgan fingerprint density at radius 1 is 1.32 bits per heavy atom. The second-order valence-electron chi connectivity index (χ2n) is 5.76. The van der Waals surface area contributed by atoms with Crippen LogP contribution in [0.1, 0.15) is 31.5 Å². The molecule has 1 N–H and O–H groups in total. The molecule has 1 amide bonds. The van der Waals surface area contributed by atoms with E-state index >= 15 is 0 Å². The number of methoxy groups -OCH3 is 2. The molecule has 0 radical (unpaired) electrons. The van der Waals surface area contributed by atoms with E-state index in [0.29, 0.717) is 23.1 Å². The van der Waals surface area contributed by atoms with Crippen LogP contribution >= 0.6 is 11.8 Å². The Morgan fingerprint density at radius 3 is 2.76 bits per heavy atom. The Bertz CT molecular complexity index is 758. The molecule has 2 aromatic rings. The van der Waals surface area contributed by atoms with Crippen LogP contribution in [0.2, 0.25) is 0 Å². The summed E-state index contributed by atoms with van der Waals surface area (Å²) in [5, 5.41) is 12.2. The van der Waals surface area contributed by atoms with Gasteiger partial charge in [0.15, 0.2) is 5.16 Å². The number of nitrogens with one attached hydrogen (secondary N) is 1. The van der Waals surface area contributed by atoms with Gasteiger partial charge in [-0.15, -0.1) is 10.2 Å². The quantitative estimate of drug-likeness (QED) is 0.728. The summed E-state index contributed by atoms with van der Waals surface area (Å²) in [5.41, 5.74) is 0.615. The zero-order valence-corrected chi connectivity index (χ0v) is 15.4. The molecule has 0 bridgehead atoms. The summed E-state index contributed by atoms with van der Waals surface area (Å²) in [6, 6.07) is 5.28. The van der Waals surface area contributed by atoms with E-state index in [-0.39, 0.29) is 11.7 Å². The van der Waals surface area contributed by atoms with Crippen molar-refractivity contribution in [3.8, 4) is 11.5 Å². The minimum absolute atomic E-state index is 0.118. The fraction of sp³-hybridized carbons (Fsp3) is 0.471. The van der Waals surface area contributed by atoms with Gasteiger partial charge in [-0.25, -0.2) is 0 Å². The number of hydrogen-bond donors (Lipinski definition) is 1. The third kappa shape index (κ3) is 4.07.